The van der Waals surface area contributed by atoms with E-state index in [1.807, 2.05) is 25.1 Å². The first-order chi connectivity index (χ1) is 12.1. The number of amides is 1. The Bertz CT molecular complexity index is 775. The van der Waals surface area contributed by atoms with Gasteiger partial charge in [-0.15, -0.1) is 10.2 Å². The monoisotopic (exact) mass is 341 g/mol. The van der Waals surface area contributed by atoms with Crippen molar-refractivity contribution >= 4 is 11.9 Å². The zero-order valence-corrected chi connectivity index (χ0v) is 14.4. The molecule has 2 aliphatic rings. The Hall–Kier alpha value is -2.41. The molecule has 7 heteroatoms. The minimum Gasteiger partial charge on any atom is -0.381 e. The highest BCUT2D eigenvalue weighted by Gasteiger charge is 2.53. The summed E-state index contributed by atoms with van der Waals surface area (Å²) < 4.78 is 7.70. The van der Waals surface area contributed by atoms with Crippen LogP contribution in [0.3, 0.4) is 0 Å². The smallest absolute Gasteiger partial charge is 0.227 e. The first-order valence-electron chi connectivity index (χ1n) is 8.66. The molecule has 3 heterocycles. The van der Waals surface area contributed by atoms with Crippen LogP contribution in [0.4, 0.5) is 5.95 Å². The minimum absolute atomic E-state index is 0.112. The van der Waals surface area contributed by atoms with Crippen LogP contribution in [-0.2, 0) is 16.1 Å². The fourth-order valence-electron chi connectivity index (χ4n) is 4.06. The van der Waals surface area contributed by atoms with E-state index in [1.165, 1.54) is 5.56 Å². The van der Waals surface area contributed by atoms with Gasteiger partial charge in [0.25, 0.3) is 0 Å². The Labute approximate surface area is 146 Å². The molecule has 4 rings (SSSR count). The molecule has 132 valence electrons. The number of benzene rings is 1. The number of fused-ring (bicyclic) bond motifs is 1. The molecule has 2 aliphatic heterocycles. The number of hydrogen-bond acceptors (Lipinski definition) is 5. The van der Waals surface area contributed by atoms with Crippen molar-refractivity contribution < 1.29 is 9.53 Å². The van der Waals surface area contributed by atoms with Gasteiger partial charge in [-0.2, -0.15) is 0 Å². The summed E-state index contributed by atoms with van der Waals surface area (Å²) >= 11 is 0. The van der Waals surface area contributed by atoms with Crippen molar-refractivity contribution in [3.8, 4) is 0 Å². The van der Waals surface area contributed by atoms with Gasteiger partial charge < -0.3 is 15.4 Å². The lowest BCUT2D eigenvalue weighted by atomic mass is 9.74. The summed E-state index contributed by atoms with van der Waals surface area (Å²) in [6, 6.07) is 10.2. The predicted octanol–water partition coefficient (Wildman–Crippen LogP) is 0.963. The Balaban J connectivity index is 1.64. The van der Waals surface area contributed by atoms with Crippen molar-refractivity contribution in [1.82, 2.24) is 14.8 Å². The van der Waals surface area contributed by atoms with E-state index in [4.69, 9.17) is 10.5 Å². The zero-order chi connectivity index (χ0) is 17.4. The molecule has 1 amide bonds. The molecule has 0 spiro atoms. The topological polar surface area (TPSA) is 86.3 Å². The van der Waals surface area contributed by atoms with E-state index in [0.717, 1.165) is 18.3 Å². The Morgan fingerprint density at radius 3 is 2.88 bits per heavy atom. The number of carbonyl (C=O) groups is 1. The summed E-state index contributed by atoms with van der Waals surface area (Å²) in [4.78, 5) is 14.4. The number of anilines is 1. The summed E-state index contributed by atoms with van der Waals surface area (Å²) in [5.41, 5.74) is 6.46. The van der Waals surface area contributed by atoms with Crippen molar-refractivity contribution in [2.24, 2.45) is 17.1 Å². The maximum absolute atomic E-state index is 12.2. The molecule has 0 unspecified atom stereocenters. The standard InChI is InChI=1S/C18H23N5O2/c1-13-20-21-17(23(13)9-14-5-3-2-4-6-14)22-10-15-11-25-8-7-18(15,12-22)16(19)24/h2-6,15H,7-12H2,1H3,(H2,19,24)/t15-,18+/m1/s1. The molecule has 1 aromatic heterocycles. The molecule has 7 nitrogen and oxygen atoms in total. The lowest BCUT2D eigenvalue weighted by Gasteiger charge is -2.35. The third-order valence-corrected chi connectivity index (χ3v) is 5.58. The highest BCUT2D eigenvalue weighted by atomic mass is 16.5. The number of aromatic nitrogens is 3. The van der Waals surface area contributed by atoms with Crippen LogP contribution in [0.2, 0.25) is 0 Å². The zero-order valence-electron chi connectivity index (χ0n) is 14.4. The molecular weight excluding hydrogens is 318 g/mol. The van der Waals surface area contributed by atoms with Crippen LogP contribution in [0.25, 0.3) is 0 Å². The number of nitrogens with zero attached hydrogens (tertiary/aromatic N) is 4. The molecule has 2 fully saturated rings. The van der Waals surface area contributed by atoms with Crippen LogP contribution < -0.4 is 10.6 Å². The summed E-state index contributed by atoms with van der Waals surface area (Å²) in [5.74, 6) is 1.55. The van der Waals surface area contributed by atoms with E-state index < -0.39 is 5.41 Å². The van der Waals surface area contributed by atoms with E-state index in [0.29, 0.717) is 32.7 Å². The van der Waals surface area contributed by atoms with Gasteiger partial charge in [0.2, 0.25) is 11.9 Å². The average molecular weight is 341 g/mol. The van der Waals surface area contributed by atoms with E-state index in [1.54, 1.807) is 0 Å². The van der Waals surface area contributed by atoms with Crippen molar-refractivity contribution in [1.29, 1.82) is 0 Å². The first kappa shape index (κ1) is 16.1. The van der Waals surface area contributed by atoms with Gasteiger partial charge in [-0.25, -0.2) is 0 Å². The summed E-state index contributed by atoms with van der Waals surface area (Å²) in [5, 5.41) is 8.65. The second-order valence-corrected chi connectivity index (χ2v) is 7.04. The second-order valence-electron chi connectivity index (χ2n) is 7.04. The number of aryl methyl sites for hydroxylation is 1. The van der Waals surface area contributed by atoms with Gasteiger partial charge in [-0.1, -0.05) is 30.3 Å². The van der Waals surface area contributed by atoms with Crippen LogP contribution in [0, 0.1) is 18.3 Å². The third kappa shape index (κ3) is 2.68. The number of rotatable bonds is 4. The molecule has 2 N–H and O–H groups in total. The fraction of sp³-hybridized carbons (Fsp3) is 0.500. The largest absolute Gasteiger partial charge is 0.381 e. The van der Waals surface area contributed by atoms with Crippen LogP contribution in [0.5, 0.6) is 0 Å². The second kappa shape index (κ2) is 6.15. The van der Waals surface area contributed by atoms with Crippen molar-refractivity contribution in [3.05, 3.63) is 41.7 Å². The quantitative estimate of drug-likeness (QED) is 0.895. The molecule has 0 radical (unpaired) electrons. The number of hydrogen-bond donors (Lipinski definition) is 1. The van der Waals surface area contributed by atoms with Gasteiger partial charge in [0, 0.05) is 25.6 Å². The predicted molar refractivity (Wildman–Crippen MR) is 93.1 cm³/mol. The van der Waals surface area contributed by atoms with Crippen molar-refractivity contribution in [2.75, 3.05) is 31.2 Å². The SMILES string of the molecule is Cc1nnc(N2C[C@@H]3COCC[C@]3(C(N)=O)C2)n1Cc1ccccc1. The maximum atomic E-state index is 12.2. The lowest BCUT2D eigenvalue weighted by Crippen LogP contribution is -2.48. The van der Waals surface area contributed by atoms with Crippen LogP contribution in [0.1, 0.15) is 17.8 Å². The molecule has 0 bridgehead atoms. The van der Waals surface area contributed by atoms with E-state index in [-0.39, 0.29) is 11.8 Å². The number of primary amides is 1. The van der Waals surface area contributed by atoms with Gasteiger partial charge in [-0.05, 0) is 18.9 Å². The fourth-order valence-corrected chi connectivity index (χ4v) is 4.06. The number of nitrogens with two attached hydrogens (primary N) is 1. The van der Waals surface area contributed by atoms with Gasteiger partial charge >= 0.3 is 0 Å². The molecule has 2 atom stereocenters. The Morgan fingerprint density at radius 1 is 1.36 bits per heavy atom. The number of ether oxygens (including phenoxy) is 1. The van der Waals surface area contributed by atoms with E-state index >= 15 is 0 Å². The van der Waals surface area contributed by atoms with Gasteiger partial charge in [0.1, 0.15) is 5.82 Å². The summed E-state index contributed by atoms with van der Waals surface area (Å²) in [7, 11) is 0. The highest BCUT2D eigenvalue weighted by molar-refractivity contribution is 5.83. The molecule has 2 saturated heterocycles. The van der Waals surface area contributed by atoms with Crippen molar-refractivity contribution in [3.63, 3.8) is 0 Å². The highest BCUT2D eigenvalue weighted by Crippen LogP contribution is 2.43. The Kier molecular flexibility index (Phi) is 3.95. The lowest BCUT2D eigenvalue weighted by molar-refractivity contribution is -0.135. The molecular formula is C18H23N5O2. The van der Waals surface area contributed by atoms with Gasteiger partial charge in [-0.3, -0.25) is 9.36 Å². The van der Waals surface area contributed by atoms with E-state index in [9.17, 15) is 4.79 Å². The first-order valence-corrected chi connectivity index (χ1v) is 8.66. The molecule has 0 aliphatic carbocycles. The normalized spacial score (nSPS) is 25.8. The third-order valence-electron chi connectivity index (χ3n) is 5.58. The minimum atomic E-state index is -0.518. The molecule has 2 aromatic rings. The Morgan fingerprint density at radius 2 is 2.16 bits per heavy atom. The van der Waals surface area contributed by atoms with Crippen LogP contribution in [-0.4, -0.2) is 47.0 Å². The molecule has 1 aromatic carbocycles. The van der Waals surface area contributed by atoms with E-state index in [2.05, 4.69) is 31.8 Å². The van der Waals surface area contributed by atoms with Crippen LogP contribution >= 0.6 is 0 Å². The van der Waals surface area contributed by atoms with Gasteiger partial charge in [0.05, 0.1) is 18.6 Å². The maximum Gasteiger partial charge on any atom is 0.227 e. The van der Waals surface area contributed by atoms with Gasteiger partial charge in [0.15, 0.2) is 0 Å². The summed E-state index contributed by atoms with van der Waals surface area (Å²) in [6.07, 6.45) is 0.676. The summed E-state index contributed by atoms with van der Waals surface area (Å²) in [6.45, 7) is 5.12. The molecule has 0 saturated carbocycles. The van der Waals surface area contributed by atoms with Crippen LogP contribution in [0.15, 0.2) is 30.3 Å². The average Bonchev–Trinajstić information content (AvgIpc) is 3.18. The van der Waals surface area contributed by atoms with Crippen molar-refractivity contribution in [2.45, 2.75) is 19.9 Å². The molecule has 25 heavy (non-hydrogen) atoms. The number of carbonyl (C=O) groups excluding carboxylic acids is 1.